The lowest BCUT2D eigenvalue weighted by atomic mass is 10.1. The first-order valence-electron chi connectivity index (χ1n) is 9.37. The molecule has 30 heavy (non-hydrogen) atoms. The van der Waals surface area contributed by atoms with Crippen molar-refractivity contribution in [1.29, 1.82) is 0 Å². The van der Waals surface area contributed by atoms with Crippen LogP contribution in [0.4, 0.5) is 5.69 Å². The lowest BCUT2D eigenvalue weighted by molar-refractivity contribution is 0.101. The maximum absolute atomic E-state index is 12.8. The van der Waals surface area contributed by atoms with E-state index in [1.807, 2.05) is 33.0 Å². The van der Waals surface area contributed by atoms with E-state index in [-0.39, 0.29) is 5.82 Å². The number of nitrogens with one attached hydrogen (secondary N) is 2. The molecule has 1 heterocycles. The Morgan fingerprint density at radius 2 is 1.83 bits per heavy atom. The largest absolute Gasteiger partial charge is 0.492 e. The van der Waals surface area contributed by atoms with Crippen molar-refractivity contribution in [3.05, 3.63) is 69.6 Å². The van der Waals surface area contributed by atoms with E-state index in [1.54, 1.807) is 24.3 Å². The van der Waals surface area contributed by atoms with Crippen LogP contribution in [0.5, 0.6) is 5.75 Å². The molecule has 1 aromatic heterocycles. The van der Waals surface area contributed by atoms with Gasteiger partial charge in [0.05, 0.1) is 10.7 Å². The van der Waals surface area contributed by atoms with Crippen LogP contribution in [-0.2, 0) is 0 Å². The molecular weight excluding hydrogens is 423 g/mol. The first-order valence-corrected chi connectivity index (χ1v) is 10.1. The summed E-state index contributed by atoms with van der Waals surface area (Å²) in [7, 11) is 1.87. The van der Waals surface area contributed by atoms with E-state index in [0.717, 1.165) is 23.4 Å². The quantitative estimate of drug-likeness (QED) is 0.505. The van der Waals surface area contributed by atoms with Gasteiger partial charge in [-0.05, 0) is 68.4 Å². The van der Waals surface area contributed by atoms with E-state index in [0.29, 0.717) is 33.6 Å². The highest BCUT2D eigenvalue weighted by molar-refractivity contribution is 6.35. The molecule has 0 fully saturated rings. The summed E-state index contributed by atoms with van der Waals surface area (Å²) in [5.74, 6) is 0.383. The van der Waals surface area contributed by atoms with Crippen LogP contribution in [0.15, 0.2) is 42.6 Å². The third-order valence-electron chi connectivity index (χ3n) is 4.43. The molecule has 0 saturated carbocycles. The third kappa shape index (κ3) is 5.27. The van der Waals surface area contributed by atoms with Crippen LogP contribution in [0.2, 0.25) is 10.0 Å². The van der Waals surface area contributed by atoms with Crippen LogP contribution in [0.25, 0.3) is 11.3 Å². The molecule has 2 N–H and O–H groups in total. The van der Waals surface area contributed by atoms with Gasteiger partial charge < -0.3 is 15.4 Å². The van der Waals surface area contributed by atoms with Crippen LogP contribution >= 0.6 is 23.2 Å². The van der Waals surface area contributed by atoms with E-state index in [2.05, 4.69) is 20.6 Å². The Bertz CT molecular complexity index is 1050. The minimum absolute atomic E-state index is 0.0386. The van der Waals surface area contributed by atoms with Gasteiger partial charge in [0.25, 0.3) is 5.91 Å². The summed E-state index contributed by atoms with van der Waals surface area (Å²) < 4.78 is 5.72. The number of rotatable bonds is 7. The van der Waals surface area contributed by atoms with Gasteiger partial charge in [-0.3, -0.25) is 4.79 Å². The number of aromatic nitrogens is 2. The highest BCUT2D eigenvalue weighted by atomic mass is 35.5. The van der Waals surface area contributed by atoms with Crippen LogP contribution < -0.4 is 15.4 Å². The van der Waals surface area contributed by atoms with Gasteiger partial charge >= 0.3 is 0 Å². The summed E-state index contributed by atoms with van der Waals surface area (Å²) in [5.41, 5.74) is 3.63. The summed E-state index contributed by atoms with van der Waals surface area (Å²) >= 11 is 12.3. The highest BCUT2D eigenvalue weighted by Gasteiger charge is 2.15. The van der Waals surface area contributed by atoms with Crippen molar-refractivity contribution in [3.63, 3.8) is 0 Å². The van der Waals surface area contributed by atoms with E-state index in [9.17, 15) is 4.79 Å². The van der Waals surface area contributed by atoms with Crippen molar-refractivity contribution in [2.45, 2.75) is 13.8 Å². The number of ether oxygens (including phenoxy) is 1. The normalized spacial score (nSPS) is 10.7. The molecule has 0 radical (unpaired) electrons. The molecule has 0 aliphatic rings. The standard InChI is InChI=1S/C22H22Cl2N4O2/c1-13-10-16(30-9-8-25-3)11-14(2)20(13)28-22(29)21-26-7-6-19(27-21)17-12-15(23)4-5-18(17)24/h4-7,10-12,25H,8-9H2,1-3H3,(H,28,29). The van der Waals surface area contributed by atoms with Gasteiger partial charge in [0.1, 0.15) is 12.4 Å². The first-order chi connectivity index (χ1) is 14.4. The molecule has 0 aliphatic heterocycles. The molecule has 0 atom stereocenters. The second-order valence-electron chi connectivity index (χ2n) is 6.73. The molecule has 156 valence electrons. The summed E-state index contributed by atoms with van der Waals surface area (Å²) in [5, 5.41) is 6.96. The van der Waals surface area contributed by atoms with Crippen molar-refractivity contribution in [2.24, 2.45) is 0 Å². The topological polar surface area (TPSA) is 76.1 Å². The van der Waals surface area contributed by atoms with Crippen molar-refractivity contribution >= 4 is 34.8 Å². The lowest BCUT2D eigenvalue weighted by Crippen LogP contribution is -2.18. The summed E-state index contributed by atoms with van der Waals surface area (Å²) in [6.07, 6.45) is 1.52. The Kier molecular flexibility index (Phi) is 7.26. The molecule has 0 spiro atoms. The van der Waals surface area contributed by atoms with Gasteiger partial charge in [-0.25, -0.2) is 9.97 Å². The van der Waals surface area contributed by atoms with Gasteiger partial charge in [0.15, 0.2) is 0 Å². The Balaban J connectivity index is 1.82. The maximum atomic E-state index is 12.8. The highest BCUT2D eigenvalue weighted by Crippen LogP contribution is 2.30. The minimum Gasteiger partial charge on any atom is -0.492 e. The number of halogens is 2. The SMILES string of the molecule is CNCCOc1cc(C)c(NC(=O)c2nccc(-c3cc(Cl)ccc3Cl)n2)c(C)c1. The minimum atomic E-state index is -0.412. The number of hydrogen-bond acceptors (Lipinski definition) is 5. The number of aryl methyl sites for hydroxylation is 2. The van der Waals surface area contributed by atoms with Crippen LogP contribution in [-0.4, -0.2) is 36.1 Å². The zero-order valence-electron chi connectivity index (χ0n) is 16.9. The number of benzene rings is 2. The molecule has 1 amide bonds. The Labute approximate surface area is 185 Å². The maximum Gasteiger partial charge on any atom is 0.293 e. The number of carbonyl (C=O) groups excluding carboxylic acids is 1. The predicted octanol–water partition coefficient (Wildman–Crippen LogP) is 4.92. The Morgan fingerprint density at radius 3 is 2.53 bits per heavy atom. The fourth-order valence-electron chi connectivity index (χ4n) is 2.96. The summed E-state index contributed by atoms with van der Waals surface area (Å²) in [4.78, 5) is 21.3. The van der Waals surface area contributed by atoms with Crippen molar-refractivity contribution in [2.75, 3.05) is 25.5 Å². The van der Waals surface area contributed by atoms with E-state index in [4.69, 9.17) is 27.9 Å². The predicted molar refractivity (Wildman–Crippen MR) is 121 cm³/mol. The van der Waals surface area contributed by atoms with Crippen LogP contribution in [0.3, 0.4) is 0 Å². The first kappa shape index (κ1) is 22.0. The average molecular weight is 445 g/mol. The van der Waals surface area contributed by atoms with Crippen molar-refractivity contribution < 1.29 is 9.53 Å². The van der Waals surface area contributed by atoms with E-state index < -0.39 is 5.91 Å². The molecule has 8 heteroatoms. The Hall–Kier alpha value is -2.67. The van der Waals surface area contributed by atoms with Gasteiger partial charge in [-0.15, -0.1) is 0 Å². The van der Waals surface area contributed by atoms with Gasteiger partial charge in [-0.1, -0.05) is 23.2 Å². The zero-order chi connectivity index (χ0) is 21.7. The lowest BCUT2D eigenvalue weighted by Gasteiger charge is -2.14. The summed E-state index contributed by atoms with van der Waals surface area (Å²) in [6, 6.07) is 10.5. The molecule has 6 nitrogen and oxygen atoms in total. The fraction of sp³-hybridized carbons (Fsp3) is 0.227. The van der Waals surface area contributed by atoms with Gasteiger partial charge in [-0.2, -0.15) is 0 Å². The second kappa shape index (κ2) is 9.89. The molecule has 3 aromatic rings. The number of likely N-dealkylation sites (N-methyl/N-ethyl adjacent to an activating group) is 1. The molecule has 0 saturated heterocycles. The molecule has 0 aliphatic carbocycles. The zero-order valence-corrected chi connectivity index (χ0v) is 18.4. The number of anilines is 1. The van der Waals surface area contributed by atoms with Crippen molar-refractivity contribution in [3.8, 4) is 17.0 Å². The van der Waals surface area contributed by atoms with E-state index >= 15 is 0 Å². The fourth-order valence-corrected chi connectivity index (χ4v) is 3.34. The Morgan fingerprint density at radius 1 is 1.10 bits per heavy atom. The number of nitrogens with zero attached hydrogens (tertiary/aromatic N) is 2. The monoisotopic (exact) mass is 444 g/mol. The average Bonchev–Trinajstić information content (AvgIpc) is 2.72. The second-order valence-corrected chi connectivity index (χ2v) is 7.57. The van der Waals surface area contributed by atoms with Gasteiger partial charge in [0.2, 0.25) is 5.82 Å². The third-order valence-corrected chi connectivity index (χ3v) is 4.99. The molecule has 3 rings (SSSR count). The van der Waals surface area contributed by atoms with Crippen molar-refractivity contribution in [1.82, 2.24) is 15.3 Å². The molecular formula is C22H22Cl2N4O2. The number of amides is 1. The van der Waals surface area contributed by atoms with E-state index in [1.165, 1.54) is 6.20 Å². The van der Waals surface area contributed by atoms with Crippen LogP contribution in [0.1, 0.15) is 21.7 Å². The molecule has 2 aromatic carbocycles. The van der Waals surface area contributed by atoms with Gasteiger partial charge in [0, 0.05) is 29.0 Å². The van der Waals surface area contributed by atoms with Crippen LogP contribution in [0, 0.1) is 13.8 Å². The smallest absolute Gasteiger partial charge is 0.293 e. The molecule has 0 bridgehead atoms. The molecule has 0 unspecified atom stereocenters. The number of carbonyl (C=O) groups is 1. The number of hydrogen-bond donors (Lipinski definition) is 2. The summed E-state index contributed by atoms with van der Waals surface area (Å²) in [6.45, 7) is 5.14.